The molecule has 0 aliphatic rings. The van der Waals surface area contributed by atoms with Gasteiger partial charge in [0.15, 0.2) is 11.6 Å². The van der Waals surface area contributed by atoms with E-state index in [1.165, 1.54) is 0 Å². The highest BCUT2D eigenvalue weighted by Gasteiger charge is 2.27. The number of hydrogen-bond donors (Lipinski definition) is 2. The number of phenols is 1. The summed E-state index contributed by atoms with van der Waals surface area (Å²) in [7, 11) is 0. The van der Waals surface area contributed by atoms with Crippen LogP contribution in [0.25, 0.3) is 0 Å². The smallest absolute Gasteiger partial charge is 0.170 e. The van der Waals surface area contributed by atoms with Crippen LogP contribution in [0, 0.1) is 12.7 Å². The van der Waals surface area contributed by atoms with Crippen LogP contribution < -0.4 is 0 Å². The number of aliphatic hydroxyl groups excluding tert-OH is 1. The number of hydrogen-bond acceptors (Lipinski definition) is 2. The fourth-order valence-corrected chi connectivity index (χ4v) is 1.47. The first-order valence-electron chi connectivity index (χ1n) is 4.60. The molecule has 0 fully saturated rings. The average molecular weight is 233 g/mol. The quantitative estimate of drug-likeness (QED) is 0.823. The zero-order valence-electron chi connectivity index (χ0n) is 8.93. The van der Waals surface area contributed by atoms with Gasteiger partial charge in [-0.15, -0.1) is 0 Å². The van der Waals surface area contributed by atoms with Gasteiger partial charge in [0.25, 0.3) is 0 Å². The van der Waals surface area contributed by atoms with Crippen molar-refractivity contribution >= 4 is 11.6 Å². The molecular formula is C11H14ClFO2. The highest BCUT2D eigenvalue weighted by Crippen LogP contribution is 2.36. The Morgan fingerprint density at radius 1 is 1.47 bits per heavy atom. The number of phenolic OH excluding ortho intramolecular Hbond substituents is 1. The maximum Gasteiger partial charge on any atom is 0.170 e. The molecule has 0 aromatic heterocycles. The first-order valence-corrected chi connectivity index (χ1v) is 4.98. The summed E-state index contributed by atoms with van der Waals surface area (Å²) >= 11 is 5.70. The van der Waals surface area contributed by atoms with E-state index in [9.17, 15) is 9.50 Å². The molecule has 84 valence electrons. The van der Waals surface area contributed by atoms with Crippen molar-refractivity contribution in [2.75, 3.05) is 6.61 Å². The molecule has 0 spiro atoms. The number of halogens is 2. The van der Waals surface area contributed by atoms with E-state index in [1.54, 1.807) is 26.8 Å². The van der Waals surface area contributed by atoms with Crippen LogP contribution in [0.15, 0.2) is 6.07 Å². The summed E-state index contributed by atoms with van der Waals surface area (Å²) in [5.41, 5.74) is 0.119. The number of benzene rings is 1. The molecule has 0 heterocycles. The Morgan fingerprint density at radius 2 is 2.00 bits per heavy atom. The SMILES string of the molecule is Cc1cc(C(C)(C)CO)c(F)c(O)c1Cl. The van der Waals surface area contributed by atoms with Crippen molar-refractivity contribution < 1.29 is 14.6 Å². The summed E-state index contributed by atoms with van der Waals surface area (Å²) < 4.78 is 13.7. The van der Waals surface area contributed by atoms with Crippen molar-refractivity contribution in [2.45, 2.75) is 26.2 Å². The normalized spacial score (nSPS) is 11.9. The zero-order chi connectivity index (χ0) is 11.8. The molecule has 1 aromatic rings. The minimum absolute atomic E-state index is 0.0185. The lowest BCUT2D eigenvalue weighted by molar-refractivity contribution is 0.214. The molecule has 0 atom stereocenters. The first-order chi connectivity index (χ1) is 6.81. The molecule has 0 amide bonds. The van der Waals surface area contributed by atoms with Crippen LogP contribution in [0.5, 0.6) is 5.75 Å². The van der Waals surface area contributed by atoms with E-state index >= 15 is 0 Å². The maximum atomic E-state index is 13.7. The highest BCUT2D eigenvalue weighted by molar-refractivity contribution is 6.32. The van der Waals surface area contributed by atoms with Gasteiger partial charge in [0.05, 0.1) is 11.6 Å². The van der Waals surface area contributed by atoms with Crippen LogP contribution in [-0.4, -0.2) is 16.8 Å². The van der Waals surface area contributed by atoms with Gasteiger partial charge in [0, 0.05) is 5.41 Å². The summed E-state index contributed by atoms with van der Waals surface area (Å²) in [4.78, 5) is 0. The van der Waals surface area contributed by atoms with Crippen LogP contribution in [0.4, 0.5) is 4.39 Å². The molecule has 1 aromatic carbocycles. The van der Waals surface area contributed by atoms with Gasteiger partial charge in [-0.2, -0.15) is 0 Å². The van der Waals surface area contributed by atoms with E-state index in [1.807, 2.05) is 0 Å². The highest BCUT2D eigenvalue weighted by atomic mass is 35.5. The van der Waals surface area contributed by atoms with Gasteiger partial charge >= 0.3 is 0 Å². The van der Waals surface area contributed by atoms with Crippen molar-refractivity contribution in [3.63, 3.8) is 0 Å². The van der Waals surface area contributed by atoms with Crippen LogP contribution in [0.1, 0.15) is 25.0 Å². The molecule has 0 unspecified atom stereocenters. The summed E-state index contributed by atoms with van der Waals surface area (Å²) in [6.07, 6.45) is 0. The van der Waals surface area contributed by atoms with Gasteiger partial charge in [-0.3, -0.25) is 0 Å². The molecule has 1 rings (SSSR count). The van der Waals surface area contributed by atoms with Gasteiger partial charge in [-0.25, -0.2) is 4.39 Å². The van der Waals surface area contributed by atoms with Gasteiger partial charge in [-0.1, -0.05) is 31.5 Å². The fourth-order valence-electron chi connectivity index (χ4n) is 1.33. The predicted molar refractivity (Wildman–Crippen MR) is 57.9 cm³/mol. The molecule has 4 heteroatoms. The maximum absolute atomic E-state index is 13.7. The monoisotopic (exact) mass is 232 g/mol. The Labute approximate surface area is 93.3 Å². The second-order valence-corrected chi connectivity index (χ2v) is 4.64. The molecule has 0 aliphatic heterocycles. The van der Waals surface area contributed by atoms with E-state index in [0.29, 0.717) is 5.56 Å². The molecule has 0 aliphatic carbocycles. The van der Waals surface area contributed by atoms with Gasteiger partial charge in [0.2, 0.25) is 0 Å². The molecule has 15 heavy (non-hydrogen) atoms. The van der Waals surface area contributed by atoms with Crippen molar-refractivity contribution in [2.24, 2.45) is 0 Å². The Balaban J connectivity index is 3.45. The number of aliphatic hydroxyl groups is 1. The molecule has 0 saturated carbocycles. The van der Waals surface area contributed by atoms with E-state index in [4.69, 9.17) is 16.7 Å². The Hall–Kier alpha value is -0.800. The van der Waals surface area contributed by atoms with E-state index in [2.05, 4.69) is 0 Å². The van der Waals surface area contributed by atoms with Crippen LogP contribution in [0.3, 0.4) is 0 Å². The molecule has 0 bridgehead atoms. The minimum Gasteiger partial charge on any atom is -0.504 e. The third-order valence-corrected chi connectivity index (χ3v) is 2.96. The van der Waals surface area contributed by atoms with Crippen LogP contribution in [-0.2, 0) is 5.41 Å². The molecule has 2 N–H and O–H groups in total. The van der Waals surface area contributed by atoms with Gasteiger partial charge in [-0.05, 0) is 18.1 Å². The first kappa shape index (κ1) is 12.3. The van der Waals surface area contributed by atoms with Crippen molar-refractivity contribution in [1.82, 2.24) is 0 Å². The van der Waals surface area contributed by atoms with Gasteiger partial charge in [0.1, 0.15) is 0 Å². The standard InChI is InChI=1S/C11H14ClFO2/c1-6-4-7(11(2,3)5-14)9(13)10(15)8(6)12/h4,14-15H,5H2,1-3H3. The molecule has 2 nitrogen and oxygen atoms in total. The minimum atomic E-state index is -0.760. The van der Waals surface area contributed by atoms with Crippen molar-refractivity contribution in [1.29, 1.82) is 0 Å². The third-order valence-electron chi connectivity index (χ3n) is 2.48. The van der Waals surface area contributed by atoms with E-state index in [0.717, 1.165) is 0 Å². The lowest BCUT2D eigenvalue weighted by Crippen LogP contribution is -2.23. The second-order valence-electron chi connectivity index (χ2n) is 4.26. The van der Waals surface area contributed by atoms with Crippen molar-refractivity contribution in [3.8, 4) is 5.75 Å². The number of aryl methyl sites for hydroxylation is 1. The lowest BCUT2D eigenvalue weighted by Gasteiger charge is -2.24. The summed E-state index contributed by atoms with van der Waals surface area (Å²) in [5, 5.41) is 18.6. The number of aromatic hydroxyl groups is 1. The summed E-state index contributed by atoms with van der Waals surface area (Å²) in [6, 6.07) is 1.55. The second kappa shape index (κ2) is 3.99. The fraction of sp³-hybridized carbons (Fsp3) is 0.455. The van der Waals surface area contributed by atoms with E-state index in [-0.39, 0.29) is 17.2 Å². The molecular weight excluding hydrogens is 219 g/mol. The molecule has 0 radical (unpaired) electrons. The van der Waals surface area contributed by atoms with Crippen LogP contribution in [0.2, 0.25) is 5.02 Å². The number of rotatable bonds is 2. The predicted octanol–water partition coefficient (Wildman–Crippen LogP) is 2.76. The summed E-state index contributed by atoms with van der Waals surface area (Å²) in [5.74, 6) is -1.31. The topological polar surface area (TPSA) is 40.5 Å². The average Bonchev–Trinajstić information content (AvgIpc) is 2.20. The summed E-state index contributed by atoms with van der Waals surface area (Å²) in [6.45, 7) is 4.86. The van der Waals surface area contributed by atoms with Crippen LogP contribution >= 0.6 is 11.6 Å². The Bertz CT molecular complexity index is 389. The zero-order valence-corrected chi connectivity index (χ0v) is 9.69. The van der Waals surface area contributed by atoms with E-state index < -0.39 is 17.0 Å². The lowest BCUT2D eigenvalue weighted by atomic mass is 9.84. The Morgan fingerprint density at radius 3 is 2.47 bits per heavy atom. The van der Waals surface area contributed by atoms with Gasteiger partial charge < -0.3 is 10.2 Å². The third kappa shape index (κ3) is 2.08. The largest absolute Gasteiger partial charge is 0.504 e. The van der Waals surface area contributed by atoms with Crippen molar-refractivity contribution in [3.05, 3.63) is 28.0 Å². The Kier molecular flexibility index (Phi) is 3.26. The molecule has 0 saturated heterocycles.